The SMILES string of the molecule is N#Cc1c(=O)c(-c2ccccc2)nn2c(-c3ccccc3)csc12. The summed E-state index contributed by atoms with van der Waals surface area (Å²) in [5.74, 6) is 0. The zero-order valence-corrected chi connectivity index (χ0v) is 13.3. The Labute approximate surface area is 141 Å². The lowest BCUT2D eigenvalue weighted by Gasteiger charge is -2.05. The molecule has 0 radical (unpaired) electrons. The van der Waals surface area contributed by atoms with E-state index in [2.05, 4.69) is 11.2 Å². The molecule has 0 N–H and O–H groups in total. The van der Waals surface area contributed by atoms with E-state index >= 15 is 0 Å². The van der Waals surface area contributed by atoms with Crippen LogP contribution in [0.15, 0.2) is 70.8 Å². The average molecular weight is 329 g/mol. The molecule has 4 nitrogen and oxygen atoms in total. The maximum atomic E-state index is 12.7. The fourth-order valence-electron chi connectivity index (χ4n) is 2.63. The number of hydrogen-bond donors (Lipinski definition) is 0. The average Bonchev–Trinajstić information content (AvgIpc) is 3.06. The van der Waals surface area contributed by atoms with Crippen LogP contribution in [0.25, 0.3) is 27.3 Å². The van der Waals surface area contributed by atoms with Crippen LogP contribution in [-0.4, -0.2) is 9.61 Å². The molecule has 0 bridgehead atoms. The van der Waals surface area contributed by atoms with Gasteiger partial charge in [-0.2, -0.15) is 10.4 Å². The second-order valence-corrected chi connectivity index (χ2v) is 6.09. The predicted octanol–water partition coefficient (Wildman–Crippen LogP) is 3.96. The molecular weight excluding hydrogens is 318 g/mol. The van der Waals surface area contributed by atoms with Crippen molar-refractivity contribution >= 4 is 16.2 Å². The van der Waals surface area contributed by atoms with Crippen LogP contribution in [0, 0.1) is 11.3 Å². The van der Waals surface area contributed by atoms with Gasteiger partial charge < -0.3 is 0 Å². The molecule has 4 rings (SSSR count). The summed E-state index contributed by atoms with van der Waals surface area (Å²) < 4.78 is 1.70. The number of thiazole rings is 1. The summed E-state index contributed by atoms with van der Waals surface area (Å²) >= 11 is 1.36. The van der Waals surface area contributed by atoms with Crippen molar-refractivity contribution in [2.45, 2.75) is 0 Å². The number of benzene rings is 2. The third kappa shape index (κ3) is 2.21. The summed E-state index contributed by atoms with van der Waals surface area (Å²) in [6, 6.07) is 21.1. The molecule has 0 spiro atoms. The molecule has 2 aromatic carbocycles. The first-order chi connectivity index (χ1) is 11.8. The van der Waals surface area contributed by atoms with Crippen molar-refractivity contribution in [3.05, 3.63) is 81.8 Å². The van der Waals surface area contributed by atoms with E-state index in [1.165, 1.54) is 11.3 Å². The van der Waals surface area contributed by atoms with Gasteiger partial charge in [-0.25, -0.2) is 4.52 Å². The van der Waals surface area contributed by atoms with E-state index < -0.39 is 0 Å². The maximum absolute atomic E-state index is 12.7. The van der Waals surface area contributed by atoms with Crippen molar-refractivity contribution in [1.29, 1.82) is 5.26 Å². The molecule has 0 unspecified atom stereocenters. The van der Waals surface area contributed by atoms with Gasteiger partial charge in [0.2, 0.25) is 5.43 Å². The van der Waals surface area contributed by atoms with Crippen molar-refractivity contribution in [3.8, 4) is 28.6 Å². The van der Waals surface area contributed by atoms with Crippen molar-refractivity contribution in [2.24, 2.45) is 0 Å². The first-order valence-corrected chi connectivity index (χ1v) is 8.23. The van der Waals surface area contributed by atoms with Gasteiger partial charge in [0.25, 0.3) is 0 Å². The van der Waals surface area contributed by atoms with Gasteiger partial charge >= 0.3 is 0 Å². The van der Waals surface area contributed by atoms with E-state index in [0.717, 1.165) is 11.3 Å². The van der Waals surface area contributed by atoms with Crippen LogP contribution in [0.5, 0.6) is 0 Å². The second-order valence-electron chi connectivity index (χ2n) is 5.23. The summed E-state index contributed by atoms with van der Waals surface area (Å²) in [6.07, 6.45) is 0. The lowest BCUT2D eigenvalue weighted by molar-refractivity contribution is 0.946. The molecule has 0 fully saturated rings. The molecule has 24 heavy (non-hydrogen) atoms. The molecule has 4 aromatic rings. The summed E-state index contributed by atoms with van der Waals surface area (Å²) in [6.45, 7) is 0. The molecule has 0 atom stereocenters. The van der Waals surface area contributed by atoms with Gasteiger partial charge in [0.15, 0.2) is 0 Å². The lowest BCUT2D eigenvalue weighted by atomic mass is 10.1. The van der Waals surface area contributed by atoms with Crippen LogP contribution in [-0.2, 0) is 0 Å². The zero-order chi connectivity index (χ0) is 16.5. The lowest BCUT2D eigenvalue weighted by Crippen LogP contribution is -2.15. The Balaban J connectivity index is 2.08. The molecular formula is C19H11N3OS. The largest absolute Gasteiger partial charge is 0.286 e. The fraction of sp³-hybridized carbons (Fsp3) is 0. The Morgan fingerprint density at radius 3 is 2.21 bits per heavy atom. The highest BCUT2D eigenvalue weighted by molar-refractivity contribution is 7.16. The van der Waals surface area contributed by atoms with Crippen LogP contribution in [0.2, 0.25) is 0 Å². The Bertz CT molecular complexity index is 1120. The molecule has 0 aliphatic rings. The summed E-state index contributed by atoms with van der Waals surface area (Å²) in [4.78, 5) is 13.2. The van der Waals surface area contributed by atoms with Crippen molar-refractivity contribution in [3.63, 3.8) is 0 Å². The number of nitriles is 1. The number of aromatic nitrogens is 2. The summed E-state index contributed by atoms with van der Waals surface area (Å²) in [5.41, 5.74) is 2.66. The highest BCUT2D eigenvalue weighted by atomic mass is 32.1. The van der Waals surface area contributed by atoms with Gasteiger partial charge in [-0.1, -0.05) is 60.7 Å². The van der Waals surface area contributed by atoms with Crippen molar-refractivity contribution < 1.29 is 0 Å². The smallest absolute Gasteiger partial charge is 0.227 e. The molecule has 0 aliphatic heterocycles. The molecule has 2 aromatic heterocycles. The second kappa shape index (κ2) is 5.76. The van der Waals surface area contributed by atoms with Gasteiger partial charge in [-0.05, 0) is 0 Å². The van der Waals surface area contributed by atoms with Crippen LogP contribution in [0.1, 0.15) is 5.56 Å². The Morgan fingerprint density at radius 1 is 0.958 bits per heavy atom. The number of hydrogen-bond acceptors (Lipinski definition) is 4. The van der Waals surface area contributed by atoms with E-state index in [9.17, 15) is 10.1 Å². The number of fused-ring (bicyclic) bond motifs is 1. The highest BCUT2D eigenvalue weighted by Gasteiger charge is 2.17. The Morgan fingerprint density at radius 2 is 1.58 bits per heavy atom. The fourth-order valence-corrected chi connectivity index (χ4v) is 3.58. The summed E-state index contributed by atoms with van der Waals surface area (Å²) in [7, 11) is 0. The standard InChI is InChI=1S/C19H11N3OS/c20-11-15-18(23)17(14-9-5-2-6-10-14)21-22-16(12-24-19(15)22)13-7-3-1-4-8-13/h1-10,12H. The van der Waals surface area contributed by atoms with E-state index in [4.69, 9.17) is 0 Å². The molecule has 0 saturated heterocycles. The van der Waals surface area contributed by atoms with Gasteiger partial charge in [0.1, 0.15) is 22.2 Å². The van der Waals surface area contributed by atoms with Gasteiger partial charge in [-0.15, -0.1) is 11.3 Å². The Kier molecular flexibility index (Phi) is 3.45. The Hall–Kier alpha value is -3.23. The minimum absolute atomic E-state index is 0.135. The molecule has 0 amide bonds. The zero-order valence-electron chi connectivity index (χ0n) is 12.5. The minimum Gasteiger partial charge on any atom is -0.286 e. The molecule has 114 valence electrons. The number of nitrogens with zero attached hydrogens (tertiary/aromatic N) is 3. The molecule has 0 aliphatic carbocycles. The first kappa shape index (κ1) is 14.4. The minimum atomic E-state index is -0.329. The quantitative estimate of drug-likeness (QED) is 0.559. The van der Waals surface area contributed by atoms with Crippen LogP contribution in [0.3, 0.4) is 0 Å². The van der Waals surface area contributed by atoms with Gasteiger partial charge in [0, 0.05) is 16.5 Å². The van der Waals surface area contributed by atoms with Crippen LogP contribution >= 0.6 is 11.3 Å². The molecule has 5 heteroatoms. The van der Waals surface area contributed by atoms with E-state index in [1.807, 2.05) is 66.0 Å². The topological polar surface area (TPSA) is 58.2 Å². The van der Waals surface area contributed by atoms with Crippen molar-refractivity contribution in [2.75, 3.05) is 0 Å². The molecule has 2 heterocycles. The predicted molar refractivity (Wildman–Crippen MR) is 94.9 cm³/mol. The van der Waals surface area contributed by atoms with E-state index in [1.54, 1.807) is 4.52 Å². The van der Waals surface area contributed by atoms with Crippen molar-refractivity contribution in [1.82, 2.24) is 9.61 Å². The van der Waals surface area contributed by atoms with Gasteiger partial charge in [0.05, 0.1) is 5.69 Å². The van der Waals surface area contributed by atoms with Gasteiger partial charge in [-0.3, -0.25) is 4.79 Å². The normalized spacial score (nSPS) is 10.6. The molecule has 0 saturated carbocycles. The third-order valence-corrected chi connectivity index (χ3v) is 4.73. The van der Waals surface area contributed by atoms with Crippen LogP contribution < -0.4 is 5.43 Å². The highest BCUT2D eigenvalue weighted by Crippen LogP contribution is 2.27. The third-order valence-electron chi connectivity index (χ3n) is 3.79. The van der Waals surface area contributed by atoms with E-state index in [-0.39, 0.29) is 11.0 Å². The number of rotatable bonds is 2. The monoisotopic (exact) mass is 329 g/mol. The van der Waals surface area contributed by atoms with Crippen LogP contribution in [0.4, 0.5) is 0 Å². The summed E-state index contributed by atoms with van der Waals surface area (Å²) in [5, 5.41) is 16.0. The van der Waals surface area contributed by atoms with E-state index in [0.29, 0.717) is 16.1 Å². The first-order valence-electron chi connectivity index (χ1n) is 7.35. The maximum Gasteiger partial charge on any atom is 0.227 e.